The first-order chi connectivity index (χ1) is 12.7. The Bertz CT molecular complexity index is 734. The molecule has 0 spiro atoms. The Hall–Kier alpha value is -2.66. The summed E-state index contributed by atoms with van der Waals surface area (Å²) in [4.78, 5) is 0. The van der Waals surface area contributed by atoms with Crippen molar-refractivity contribution in [1.29, 1.82) is 5.26 Å². The highest BCUT2D eigenvalue weighted by molar-refractivity contribution is 7.80. The van der Waals surface area contributed by atoms with Gasteiger partial charge in [-0.3, -0.25) is 0 Å². The van der Waals surface area contributed by atoms with Crippen molar-refractivity contribution in [1.82, 2.24) is 10.6 Å². The molecule has 0 saturated heterocycles. The first-order valence-electron chi connectivity index (χ1n) is 8.29. The molecule has 2 aromatic rings. The molecule has 0 saturated carbocycles. The molecule has 136 valence electrons. The van der Waals surface area contributed by atoms with Crippen LogP contribution in [0.4, 0.5) is 5.69 Å². The lowest BCUT2D eigenvalue weighted by molar-refractivity contribution is 0.106. The highest BCUT2D eigenvalue weighted by Crippen LogP contribution is 2.16. The number of thiocarbonyl (C=S) groups is 1. The van der Waals surface area contributed by atoms with Crippen LogP contribution in [0.1, 0.15) is 5.56 Å². The van der Waals surface area contributed by atoms with E-state index in [0.717, 1.165) is 5.69 Å². The highest BCUT2D eigenvalue weighted by Gasteiger charge is 2.07. The highest BCUT2D eigenvalue weighted by atomic mass is 32.1. The van der Waals surface area contributed by atoms with Gasteiger partial charge in [0.15, 0.2) is 5.11 Å². The number of hydrogen-bond acceptors (Lipinski definition) is 5. The van der Waals surface area contributed by atoms with Gasteiger partial charge >= 0.3 is 0 Å². The Morgan fingerprint density at radius 2 is 1.85 bits per heavy atom. The number of hydrogen-bond donors (Lipinski definition) is 4. The molecule has 0 aliphatic heterocycles. The first-order valence-corrected chi connectivity index (χ1v) is 8.70. The van der Waals surface area contributed by atoms with Gasteiger partial charge in [0, 0.05) is 25.3 Å². The van der Waals surface area contributed by atoms with Gasteiger partial charge in [0.05, 0.1) is 5.56 Å². The van der Waals surface area contributed by atoms with Crippen molar-refractivity contribution in [2.45, 2.75) is 6.10 Å². The van der Waals surface area contributed by atoms with Gasteiger partial charge in [-0.15, -0.1) is 0 Å². The molecule has 0 fully saturated rings. The predicted molar refractivity (Wildman–Crippen MR) is 106 cm³/mol. The number of aliphatic hydroxyl groups excluding tert-OH is 1. The summed E-state index contributed by atoms with van der Waals surface area (Å²) in [6.07, 6.45) is -0.670. The minimum absolute atomic E-state index is 0.118. The van der Waals surface area contributed by atoms with Crippen LogP contribution >= 0.6 is 12.2 Å². The summed E-state index contributed by atoms with van der Waals surface area (Å²) in [5, 5.41) is 28.8. The number of nitrogens with one attached hydrogen (secondary N) is 3. The summed E-state index contributed by atoms with van der Waals surface area (Å²) in [6.45, 7) is 1.77. The lowest BCUT2D eigenvalue weighted by atomic mass is 10.2. The summed E-state index contributed by atoms with van der Waals surface area (Å²) in [5.41, 5.74) is 1.39. The number of para-hydroxylation sites is 2. The largest absolute Gasteiger partial charge is 0.489 e. The number of aliphatic hydroxyl groups is 1. The van der Waals surface area contributed by atoms with Crippen LogP contribution in [0.15, 0.2) is 54.6 Å². The average molecular weight is 370 g/mol. The molecule has 0 aliphatic carbocycles. The maximum absolute atomic E-state index is 9.95. The van der Waals surface area contributed by atoms with E-state index in [1.54, 1.807) is 24.3 Å². The quantitative estimate of drug-likeness (QED) is 0.396. The van der Waals surface area contributed by atoms with E-state index in [1.165, 1.54) is 0 Å². The summed E-state index contributed by atoms with van der Waals surface area (Å²) in [5.74, 6) is 0.480. The van der Waals surface area contributed by atoms with Crippen molar-refractivity contribution < 1.29 is 9.84 Å². The number of nitrogens with zero attached hydrogens (tertiary/aromatic N) is 1. The molecular formula is C19H22N4O2S. The smallest absolute Gasteiger partial charge is 0.170 e. The lowest BCUT2D eigenvalue weighted by Crippen LogP contribution is -2.38. The second-order valence-corrected chi connectivity index (χ2v) is 5.93. The molecule has 0 bridgehead atoms. The second-order valence-electron chi connectivity index (χ2n) is 5.52. The fourth-order valence-electron chi connectivity index (χ4n) is 2.16. The van der Waals surface area contributed by atoms with Gasteiger partial charge in [0.25, 0.3) is 0 Å². The van der Waals surface area contributed by atoms with E-state index in [4.69, 9.17) is 22.2 Å². The van der Waals surface area contributed by atoms with Gasteiger partial charge in [-0.05, 0) is 36.5 Å². The third-order valence-corrected chi connectivity index (χ3v) is 3.68. The summed E-state index contributed by atoms with van der Waals surface area (Å²) in [6, 6.07) is 18.7. The van der Waals surface area contributed by atoms with Crippen molar-refractivity contribution in [2.24, 2.45) is 0 Å². The molecule has 1 atom stereocenters. The van der Waals surface area contributed by atoms with Gasteiger partial charge < -0.3 is 25.8 Å². The van der Waals surface area contributed by atoms with E-state index in [9.17, 15) is 5.11 Å². The predicted octanol–water partition coefficient (Wildman–Crippen LogP) is 1.87. The molecule has 0 aromatic heterocycles. The number of nitriles is 1. The Kier molecular flexibility index (Phi) is 8.36. The molecule has 0 radical (unpaired) electrons. The molecular weight excluding hydrogens is 348 g/mol. The third kappa shape index (κ3) is 7.07. The van der Waals surface area contributed by atoms with E-state index in [2.05, 4.69) is 22.0 Å². The number of rotatable bonds is 9. The molecule has 2 aromatic carbocycles. The van der Waals surface area contributed by atoms with Crippen molar-refractivity contribution in [2.75, 3.05) is 31.6 Å². The van der Waals surface area contributed by atoms with Gasteiger partial charge in [0.2, 0.25) is 0 Å². The molecule has 0 heterocycles. The van der Waals surface area contributed by atoms with Gasteiger partial charge in [-0.2, -0.15) is 5.26 Å². The number of ether oxygens (including phenoxy) is 1. The van der Waals surface area contributed by atoms with Crippen molar-refractivity contribution in [3.05, 3.63) is 60.2 Å². The Labute approximate surface area is 158 Å². The van der Waals surface area contributed by atoms with E-state index < -0.39 is 6.10 Å². The monoisotopic (exact) mass is 370 g/mol. The van der Waals surface area contributed by atoms with Crippen molar-refractivity contribution in [3.63, 3.8) is 0 Å². The summed E-state index contributed by atoms with van der Waals surface area (Å²) in [7, 11) is 0. The first kappa shape index (κ1) is 19.7. The molecule has 7 heteroatoms. The van der Waals surface area contributed by atoms with Crippen LogP contribution in [0.5, 0.6) is 5.75 Å². The maximum atomic E-state index is 9.95. The van der Waals surface area contributed by atoms with Crippen molar-refractivity contribution >= 4 is 23.0 Å². The SMILES string of the molecule is N#Cc1ccccc1OCC(O)CNCCNC(=S)Nc1ccccc1. The minimum Gasteiger partial charge on any atom is -0.489 e. The standard InChI is InChI=1S/C19H22N4O2S/c20-12-15-6-4-5-9-18(15)25-14-17(24)13-21-10-11-22-19(26)23-16-7-2-1-3-8-16/h1-9,17,21,24H,10-11,13-14H2,(H2,22,23,26). The van der Waals surface area contributed by atoms with Gasteiger partial charge in [-0.25, -0.2) is 0 Å². The Balaban J connectivity index is 1.56. The number of benzene rings is 2. The van der Waals surface area contributed by atoms with E-state index in [0.29, 0.717) is 36.1 Å². The molecule has 26 heavy (non-hydrogen) atoms. The van der Waals surface area contributed by atoms with Gasteiger partial charge in [0.1, 0.15) is 24.5 Å². The Morgan fingerprint density at radius 1 is 1.12 bits per heavy atom. The molecule has 0 amide bonds. The second kappa shape index (κ2) is 11.1. The van der Waals surface area contributed by atoms with Crippen LogP contribution in [-0.4, -0.2) is 42.6 Å². The average Bonchev–Trinajstić information content (AvgIpc) is 2.67. The normalized spacial score (nSPS) is 11.2. The van der Waals surface area contributed by atoms with E-state index in [-0.39, 0.29) is 6.61 Å². The van der Waals surface area contributed by atoms with Crippen molar-refractivity contribution in [3.8, 4) is 11.8 Å². The minimum atomic E-state index is -0.670. The summed E-state index contributed by atoms with van der Waals surface area (Å²) < 4.78 is 5.49. The zero-order valence-corrected chi connectivity index (χ0v) is 15.1. The fraction of sp³-hybridized carbons (Fsp3) is 0.263. The van der Waals surface area contributed by atoms with Crippen LogP contribution in [0.2, 0.25) is 0 Å². The number of anilines is 1. The molecule has 2 rings (SSSR count). The van der Waals surface area contributed by atoms with Gasteiger partial charge in [-0.1, -0.05) is 30.3 Å². The Morgan fingerprint density at radius 3 is 2.62 bits per heavy atom. The van der Waals surface area contributed by atoms with Crippen LogP contribution in [0.3, 0.4) is 0 Å². The van der Waals surface area contributed by atoms with Crippen LogP contribution in [0, 0.1) is 11.3 Å². The fourth-order valence-corrected chi connectivity index (χ4v) is 2.38. The van der Waals surface area contributed by atoms with E-state index >= 15 is 0 Å². The zero-order valence-electron chi connectivity index (χ0n) is 14.3. The third-order valence-electron chi connectivity index (χ3n) is 3.44. The zero-order chi connectivity index (χ0) is 18.6. The molecule has 6 nitrogen and oxygen atoms in total. The van der Waals surface area contributed by atoms with Crippen LogP contribution in [-0.2, 0) is 0 Å². The maximum Gasteiger partial charge on any atom is 0.170 e. The van der Waals surface area contributed by atoms with Crippen LogP contribution in [0.25, 0.3) is 0 Å². The lowest BCUT2D eigenvalue weighted by Gasteiger charge is -2.15. The summed E-state index contributed by atoms with van der Waals surface area (Å²) >= 11 is 5.21. The van der Waals surface area contributed by atoms with E-state index in [1.807, 2.05) is 30.3 Å². The molecule has 0 aliphatic rings. The molecule has 1 unspecified atom stereocenters. The molecule has 4 N–H and O–H groups in total. The van der Waals surface area contributed by atoms with Crippen LogP contribution < -0.4 is 20.7 Å². The topological polar surface area (TPSA) is 89.3 Å².